The molecule has 162 valence electrons. The van der Waals surface area contributed by atoms with Crippen molar-refractivity contribution in [2.45, 2.75) is 46.3 Å². The lowest BCUT2D eigenvalue weighted by Gasteiger charge is -2.24. The van der Waals surface area contributed by atoms with Crippen LogP contribution in [-0.2, 0) is 4.79 Å². The van der Waals surface area contributed by atoms with Crippen LogP contribution >= 0.6 is 27.5 Å². The number of benzene rings is 2. The van der Waals surface area contributed by atoms with E-state index in [-0.39, 0.29) is 6.10 Å². The minimum atomic E-state index is -1.13. The predicted molar refractivity (Wildman–Crippen MR) is 123 cm³/mol. The molecule has 0 spiro atoms. The van der Waals surface area contributed by atoms with Crippen molar-refractivity contribution in [2.24, 2.45) is 5.10 Å². The number of rotatable bonds is 8. The number of methoxy groups -OCH3 is 1. The van der Waals surface area contributed by atoms with Gasteiger partial charge in [0.15, 0.2) is 17.1 Å². The molecule has 2 aromatic rings. The highest BCUT2D eigenvalue weighted by Crippen LogP contribution is 2.37. The molecule has 0 aliphatic heterocycles. The van der Waals surface area contributed by atoms with E-state index in [0.29, 0.717) is 22.3 Å². The predicted octanol–water partition coefficient (Wildman–Crippen LogP) is 5.51. The molecule has 0 aliphatic carbocycles. The van der Waals surface area contributed by atoms with Crippen LogP contribution in [0.15, 0.2) is 39.9 Å². The maximum absolute atomic E-state index is 12.5. The Bertz CT molecular complexity index is 945. The summed E-state index contributed by atoms with van der Waals surface area (Å²) in [5, 5.41) is 4.68. The lowest BCUT2D eigenvalue weighted by atomic mass is 10.1. The summed E-state index contributed by atoms with van der Waals surface area (Å²) in [6.07, 6.45) is 1.52. The standard InChI is InChI=1S/C22H26BrClN2O4/c1-13(2)29-20-17(23)10-15(11-19(20)28-6)12-25-26-21(27)22(4,5)30-16-7-8-18(24)14(3)9-16/h7-13H,1-6H3,(H,26,27)/b25-12-. The molecule has 0 heterocycles. The minimum Gasteiger partial charge on any atom is -0.493 e. The highest BCUT2D eigenvalue weighted by molar-refractivity contribution is 9.10. The van der Waals surface area contributed by atoms with Crippen LogP contribution < -0.4 is 19.6 Å². The van der Waals surface area contributed by atoms with Gasteiger partial charge in [-0.05, 0) is 92.0 Å². The summed E-state index contributed by atoms with van der Waals surface area (Å²) in [6.45, 7) is 9.08. The van der Waals surface area contributed by atoms with Gasteiger partial charge in [-0.25, -0.2) is 5.43 Å². The molecule has 1 amide bonds. The molecule has 6 nitrogen and oxygen atoms in total. The first-order valence-electron chi connectivity index (χ1n) is 9.36. The minimum absolute atomic E-state index is 0.000615. The van der Waals surface area contributed by atoms with Crippen molar-refractivity contribution < 1.29 is 19.0 Å². The van der Waals surface area contributed by atoms with Gasteiger partial charge in [0.25, 0.3) is 5.91 Å². The lowest BCUT2D eigenvalue weighted by Crippen LogP contribution is -2.44. The van der Waals surface area contributed by atoms with Crippen molar-refractivity contribution in [3.05, 3.63) is 51.0 Å². The summed E-state index contributed by atoms with van der Waals surface area (Å²) in [5.41, 5.74) is 2.97. The van der Waals surface area contributed by atoms with Crippen molar-refractivity contribution in [1.82, 2.24) is 5.43 Å². The second-order valence-electron chi connectivity index (χ2n) is 7.42. The van der Waals surface area contributed by atoms with Crippen LogP contribution in [0.3, 0.4) is 0 Å². The highest BCUT2D eigenvalue weighted by atomic mass is 79.9. The number of ether oxygens (including phenoxy) is 3. The number of nitrogens with one attached hydrogen (secondary N) is 1. The van der Waals surface area contributed by atoms with E-state index in [4.69, 9.17) is 25.8 Å². The van der Waals surface area contributed by atoms with Crippen LogP contribution in [0.1, 0.15) is 38.8 Å². The number of carbonyl (C=O) groups is 1. The van der Waals surface area contributed by atoms with Crippen molar-refractivity contribution in [3.8, 4) is 17.2 Å². The number of halogens is 2. The number of aryl methyl sites for hydroxylation is 1. The van der Waals surface area contributed by atoms with Gasteiger partial charge in [-0.2, -0.15) is 5.10 Å². The molecule has 0 unspecified atom stereocenters. The fourth-order valence-corrected chi connectivity index (χ4v) is 3.16. The van der Waals surface area contributed by atoms with E-state index in [1.165, 1.54) is 6.21 Å². The zero-order valence-electron chi connectivity index (χ0n) is 17.9. The fraction of sp³-hybridized carbons (Fsp3) is 0.364. The van der Waals surface area contributed by atoms with Gasteiger partial charge >= 0.3 is 0 Å². The van der Waals surface area contributed by atoms with Crippen LogP contribution in [0.4, 0.5) is 0 Å². The zero-order valence-corrected chi connectivity index (χ0v) is 20.2. The topological polar surface area (TPSA) is 69.2 Å². The average Bonchev–Trinajstić information content (AvgIpc) is 2.66. The van der Waals surface area contributed by atoms with Crippen molar-refractivity contribution in [1.29, 1.82) is 0 Å². The van der Waals surface area contributed by atoms with Crippen LogP contribution in [0.2, 0.25) is 5.02 Å². The first-order chi connectivity index (χ1) is 14.0. The van der Waals surface area contributed by atoms with Gasteiger partial charge in [0.1, 0.15) is 5.75 Å². The molecule has 0 radical (unpaired) electrons. The van der Waals surface area contributed by atoms with Gasteiger partial charge in [-0.3, -0.25) is 4.79 Å². The van der Waals surface area contributed by atoms with E-state index >= 15 is 0 Å². The average molecular weight is 498 g/mol. The quantitative estimate of drug-likeness (QED) is 0.385. The number of nitrogens with zero attached hydrogens (tertiary/aromatic N) is 1. The first-order valence-corrected chi connectivity index (χ1v) is 10.5. The van der Waals surface area contributed by atoms with Crippen LogP contribution in [0.5, 0.6) is 17.2 Å². The molecular formula is C22H26BrClN2O4. The second kappa shape index (κ2) is 10.2. The third-order valence-corrected chi connectivity index (χ3v) is 5.05. The van der Waals surface area contributed by atoms with E-state index in [1.54, 1.807) is 45.2 Å². The van der Waals surface area contributed by atoms with Crippen molar-refractivity contribution >= 4 is 39.7 Å². The Labute approximate surface area is 190 Å². The maximum atomic E-state index is 12.5. The molecule has 0 aromatic heterocycles. The Balaban J connectivity index is 2.08. The molecule has 1 N–H and O–H groups in total. The zero-order chi connectivity index (χ0) is 22.5. The maximum Gasteiger partial charge on any atom is 0.283 e. The van der Waals surface area contributed by atoms with Crippen molar-refractivity contribution in [2.75, 3.05) is 7.11 Å². The molecule has 0 fully saturated rings. The number of hydrogen-bond donors (Lipinski definition) is 1. The summed E-state index contributed by atoms with van der Waals surface area (Å²) in [7, 11) is 1.57. The van der Waals surface area contributed by atoms with E-state index < -0.39 is 11.5 Å². The van der Waals surface area contributed by atoms with E-state index in [0.717, 1.165) is 15.6 Å². The van der Waals surface area contributed by atoms with E-state index in [2.05, 4.69) is 26.5 Å². The largest absolute Gasteiger partial charge is 0.493 e. The second-order valence-corrected chi connectivity index (χ2v) is 8.68. The summed E-state index contributed by atoms with van der Waals surface area (Å²) in [4.78, 5) is 12.5. The van der Waals surface area contributed by atoms with Gasteiger partial charge in [-0.15, -0.1) is 0 Å². The SMILES string of the molecule is COc1cc(/C=N\NC(=O)C(C)(C)Oc2ccc(Cl)c(C)c2)cc(Br)c1OC(C)C. The molecule has 30 heavy (non-hydrogen) atoms. The third kappa shape index (κ3) is 6.37. The van der Waals surface area contributed by atoms with Crippen LogP contribution in [-0.4, -0.2) is 30.9 Å². The number of amides is 1. The number of carbonyl (C=O) groups excluding carboxylic acids is 1. The number of hydrazone groups is 1. The van der Waals surface area contributed by atoms with Gasteiger partial charge < -0.3 is 14.2 Å². The molecule has 0 bridgehead atoms. The van der Waals surface area contributed by atoms with Gasteiger partial charge in [0, 0.05) is 5.02 Å². The fourth-order valence-electron chi connectivity index (χ4n) is 2.49. The van der Waals surface area contributed by atoms with Crippen molar-refractivity contribution in [3.63, 3.8) is 0 Å². The number of hydrogen-bond acceptors (Lipinski definition) is 5. The van der Waals surface area contributed by atoms with E-state index in [1.807, 2.05) is 26.8 Å². The lowest BCUT2D eigenvalue weighted by molar-refractivity contribution is -0.134. The third-order valence-electron chi connectivity index (χ3n) is 4.03. The summed E-state index contributed by atoms with van der Waals surface area (Å²) in [6, 6.07) is 8.84. The highest BCUT2D eigenvalue weighted by Gasteiger charge is 2.30. The summed E-state index contributed by atoms with van der Waals surface area (Å²) in [5.74, 6) is 1.33. The van der Waals surface area contributed by atoms with Gasteiger partial charge in [0.2, 0.25) is 0 Å². The van der Waals surface area contributed by atoms with Crippen LogP contribution in [0, 0.1) is 6.92 Å². The summed E-state index contributed by atoms with van der Waals surface area (Å²) < 4.78 is 17.7. The summed E-state index contributed by atoms with van der Waals surface area (Å²) >= 11 is 9.52. The molecule has 0 atom stereocenters. The molecule has 8 heteroatoms. The Morgan fingerprint density at radius 3 is 2.57 bits per heavy atom. The monoisotopic (exact) mass is 496 g/mol. The smallest absolute Gasteiger partial charge is 0.283 e. The molecule has 2 rings (SSSR count). The molecule has 0 saturated heterocycles. The first kappa shape index (κ1) is 24.0. The molecule has 0 aliphatic rings. The normalized spacial score (nSPS) is 11.6. The Morgan fingerprint density at radius 2 is 1.97 bits per heavy atom. The Hall–Kier alpha value is -2.25. The molecule has 2 aromatic carbocycles. The van der Waals surface area contributed by atoms with E-state index in [9.17, 15) is 4.79 Å². The van der Waals surface area contributed by atoms with Gasteiger partial charge in [0.05, 0.1) is 23.9 Å². The van der Waals surface area contributed by atoms with Crippen LogP contribution in [0.25, 0.3) is 0 Å². The molecular weight excluding hydrogens is 472 g/mol. The Kier molecular flexibility index (Phi) is 8.15. The molecule has 0 saturated carbocycles. The Morgan fingerprint density at radius 1 is 1.27 bits per heavy atom. The van der Waals surface area contributed by atoms with Gasteiger partial charge in [-0.1, -0.05) is 11.6 Å².